The summed E-state index contributed by atoms with van der Waals surface area (Å²) in [4.78, 5) is 34.1. The molecule has 1 N–H and O–H groups in total. The van der Waals surface area contributed by atoms with Crippen LogP contribution in [0.2, 0.25) is 0 Å². The first-order valence-electron chi connectivity index (χ1n) is 6.15. The van der Waals surface area contributed by atoms with Gasteiger partial charge in [0.25, 0.3) is 0 Å². The fraction of sp³-hybridized carbons (Fsp3) is 0.267. The van der Waals surface area contributed by atoms with E-state index < -0.39 is 5.97 Å². The summed E-state index contributed by atoms with van der Waals surface area (Å²) in [6, 6.07) is 4.83. The first-order valence-corrected chi connectivity index (χ1v) is 6.15. The molecule has 0 unspecified atom stereocenters. The number of hydrogen-bond donors (Lipinski definition) is 1. The lowest BCUT2D eigenvalue weighted by Gasteiger charge is -2.09. The highest BCUT2D eigenvalue weighted by molar-refractivity contribution is 5.99. The smallest absolute Gasteiger partial charge is 0.354 e. The third-order valence-corrected chi connectivity index (χ3v) is 2.63. The summed E-state index contributed by atoms with van der Waals surface area (Å²) in [5.41, 5.74) is 1.03. The largest absolute Gasteiger partial charge is 0.496 e. The van der Waals surface area contributed by atoms with Gasteiger partial charge in [0.15, 0.2) is 5.78 Å². The molecule has 0 aliphatic heterocycles. The van der Waals surface area contributed by atoms with Crippen molar-refractivity contribution in [1.29, 1.82) is 0 Å². The van der Waals surface area contributed by atoms with Crippen LogP contribution in [0, 0.1) is 0 Å². The van der Waals surface area contributed by atoms with Gasteiger partial charge in [-0.25, -0.2) is 4.79 Å². The van der Waals surface area contributed by atoms with Gasteiger partial charge in [-0.15, -0.1) is 0 Å². The molecule has 1 rings (SSSR count). The summed E-state index contributed by atoms with van der Waals surface area (Å²) >= 11 is 0. The molecule has 0 atom stereocenters. The Hall–Kier alpha value is -2.63. The zero-order valence-corrected chi connectivity index (χ0v) is 12.4. The fourth-order valence-corrected chi connectivity index (χ4v) is 1.70. The number of ether oxygens (including phenoxy) is 2. The van der Waals surface area contributed by atoms with Crippen LogP contribution in [0.1, 0.15) is 29.8 Å². The second kappa shape index (κ2) is 7.23. The number of carbonyl (C=O) groups is 3. The number of benzene rings is 1. The number of ketones is 1. The van der Waals surface area contributed by atoms with Crippen molar-refractivity contribution in [2.24, 2.45) is 0 Å². The van der Waals surface area contributed by atoms with Crippen molar-refractivity contribution in [3.63, 3.8) is 0 Å². The molecule has 0 aliphatic rings. The van der Waals surface area contributed by atoms with Gasteiger partial charge in [0, 0.05) is 6.92 Å². The maximum atomic E-state index is 11.6. The van der Waals surface area contributed by atoms with E-state index in [2.05, 4.69) is 10.1 Å². The van der Waals surface area contributed by atoms with Gasteiger partial charge in [-0.05, 0) is 30.7 Å². The molecular formula is C15H17NO5. The molecular weight excluding hydrogens is 274 g/mol. The van der Waals surface area contributed by atoms with E-state index in [4.69, 9.17) is 4.74 Å². The first-order chi connectivity index (χ1) is 9.88. The molecule has 21 heavy (non-hydrogen) atoms. The SMILES string of the molecule is COC(=O)/C(=C/c1ccc(C(C)=O)c(OC)c1)NC(C)=O. The van der Waals surface area contributed by atoms with Gasteiger partial charge in [-0.1, -0.05) is 6.07 Å². The third kappa shape index (κ3) is 4.45. The number of rotatable bonds is 5. The number of methoxy groups -OCH3 is 2. The quantitative estimate of drug-likeness (QED) is 0.505. The van der Waals surface area contributed by atoms with Gasteiger partial charge < -0.3 is 14.8 Å². The van der Waals surface area contributed by atoms with Crippen LogP contribution in [0.25, 0.3) is 6.08 Å². The Morgan fingerprint density at radius 1 is 1.14 bits per heavy atom. The van der Waals surface area contributed by atoms with E-state index >= 15 is 0 Å². The summed E-state index contributed by atoms with van der Waals surface area (Å²) in [7, 11) is 2.67. The van der Waals surface area contributed by atoms with Crippen LogP contribution in [0.4, 0.5) is 0 Å². The van der Waals surface area contributed by atoms with Crippen LogP contribution >= 0.6 is 0 Å². The minimum absolute atomic E-state index is 0.00243. The van der Waals surface area contributed by atoms with Crippen molar-refractivity contribution in [2.75, 3.05) is 14.2 Å². The second-order valence-corrected chi connectivity index (χ2v) is 4.25. The zero-order chi connectivity index (χ0) is 16.0. The van der Waals surface area contributed by atoms with E-state index in [1.54, 1.807) is 18.2 Å². The van der Waals surface area contributed by atoms with E-state index in [1.807, 2.05) is 0 Å². The third-order valence-electron chi connectivity index (χ3n) is 2.63. The van der Waals surface area contributed by atoms with Crippen molar-refractivity contribution in [1.82, 2.24) is 5.32 Å². The molecule has 0 bridgehead atoms. The Balaban J connectivity index is 3.24. The normalized spacial score (nSPS) is 10.8. The van der Waals surface area contributed by atoms with Gasteiger partial charge in [0.2, 0.25) is 5.91 Å². The number of Topliss-reactive ketones (excluding diaryl/α,β-unsaturated/α-hetero) is 1. The highest BCUT2D eigenvalue weighted by Crippen LogP contribution is 2.22. The van der Waals surface area contributed by atoms with Gasteiger partial charge in [-0.2, -0.15) is 0 Å². The van der Waals surface area contributed by atoms with Crippen molar-refractivity contribution >= 4 is 23.7 Å². The lowest BCUT2D eigenvalue weighted by molar-refractivity contribution is -0.137. The maximum Gasteiger partial charge on any atom is 0.354 e. The maximum absolute atomic E-state index is 11.6. The summed E-state index contributed by atoms with van der Waals surface area (Å²) in [6.07, 6.45) is 1.44. The van der Waals surface area contributed by atoms with Crippen LogP contribution < -0.4 is 10.1 Å². The van der Waals surface area contributed by atoms with E-state index in [0.29, 0.717) is 16.9 Å². The summed E-state index contributed by atoms with van der Waals surface area (Å²) < 4.78 is 9.74. The highest BCUT2D eigenvalue weighted by Gasteiger charge is 2.13. The van der Waals surface area contributed by atoms with Gasteiger partial charge in [0.05, 0.1) is 19.8 Å². The molecule has 0 heterocycles. The van der Waals surface area contributed by atoms with Crippen molar-refractivity contribution in [3.05, 3.63) is 35.0 Å². The number of esters is 1. The van der Waals surface area contributed by atoms with Gasteiger partial charge in [-0.3, -0.25) is 9.59 Å². The zero-order valence-electron chi connectivity index (χ0n) is 12.4. The number of hydrogen-bond acceptors (Lipinski definition) is 5. The number of carbonyl (C=O) groups excluding carboxylic acids is 3. The molecule has 1 aromatic carbocycles. The van der Waals surface area contributed by atoms with Crippen molar-refractivity contribution < 1.29 is 23.9 Å². The van der Waals surface area contributed by atoms with Crippen LogP contribution in [0.15, 0.2) is 23.9 Å². The lowest BCUT2D eigenvalue weighted by atomic mass is 10.1. The second-order valence-electron chi connectivity index (χ2n) is 4.25. The molecule has 0 saturated carbocycles. The van der Waals surface area contributed by atoms with Crippen LogP contribution in [0.3, 0.4) is 0 Å². The van der Waals surface area contributed by atoms with E-state index in [9.17, 15) is 14.4 Å². The van der Waals surface area contributed by atoms with Crippen LogP contribution in [0.5, 0.6) is 5.75 Å². The van der Waals surface area contributed by atoms with E-state index in [1.165, 1.54) is 34.1 Å². The van der Waals surface area contributed by atoms with Gasteiger partial charge >= 0.3 is 5.97 Å². The molecule has 1 amide bonds. The minimum Gasteiger partial charge on any atom is -0.496 e. The van der Waals surface area contributed by atoms with Gasteiger partial charge in [0.1, 0.15) is 11.4 Å². The fourth-order valence-electron chi connectivity index (χ4n) is 1.70. The Bertz CT molecular complexity index is 604. The number of amides is 1. The summed E-state index contributed by atoms with van der Waals surface area (Å²) in [5, 5.41) is 2.39. The summed E-state index contributed by atoms with van der Waals surface area (Å²) in [5.74, 6) is -0.792. The molecule has 0 radical (unpaired) electrons. The van der Waals surface area contributed by atoms with Crippen LogP contribution in [-0.2, 0) is 14.3 Å². The first kappa shape index (κ1) is 16.4. The molecule has 0 fully saturated rings. The predicted molar refractivity (Wildman–Crippen MR) is 76.8 cm³/mol. The Kier molecular flexibility index (Phi) is 5.66. The summed E-state index contributed by atoms with van der Waals surface area (Å²) in [6.45, 7) is 2.72. The van der Waals surface area contributed by atoms with E-state index in [0.717, 1.165) is 0 Å². The topological polar surface area (TPSA) is 81.7 Å². The average Bonchev–Trinajstić information content (AvgIpc) is 2.44. The Morgan fingerprint density at radius 3 is 2.29 bits per heavy atom. The Morgan fingerprint density at radius 2 is 1.81 bits per heavy atom. The molecule has 112 valence electrons. The predicted octanol–water partition coefficient (Wildman–Crippen LogP) is 1.55. The van der Waals surface area contributed by atoms with Crippen LogP contribution in [-0.4, -0.2) is 31.9 Å². The molecule has 6 heteroatoms. The highest BCUT2D eigenvalue weighted by atomic mass is 16.5. The molecule has 0 aromatic heterocycles. The van der Waals surface area contributed by atoms with Crippen molar-refractivity contribution in [2.45, 2.75) is 13.8 Å². The average molecular weight is 291 g/mol. The Labute approximate surface area is 122 Å². The molecule has 0 saturated heterocycles. The molecule has 1 aromatic rings. The van der Waals surface area contributed by atoms with E-state index in [-0.39, 0.29) is 17.4 Å². The molecule has 6 nitrogen and oxygen atoms in total. The van der Waals surface area contributed by atoms with Crippen molar-refractivity contribution in [3.8, 4) is 5.75 Å². The monoisotopic (exact) mass is 291 g/mol. The minimum atomic E-state index is -0.667. The number of nitrogens with one attached hydrogen (secondary N) is 1. The standard InChI is InChI=1S/C15H17NO5/c1-9(17)12-6-5-11(8-14(12)20-3)7-13(15(19)21-4)16-10(2)18/h5-8H,1-4H3,(H,16,18)/b13-7-. The molecule has 0 spiro atoms. The lowest BCUT2D eigenvalue weighted by Crippen LogP contribution is -2.25. The molecule has 0 aliphatic carbocycles.